The summed E-state index contributed by atoms with van der Waals surface area (Å²) in [5.74, 6) is 0.228. The molecule has 90 valence electrons. The highest BCUT2D eigenvalue weighted by atomic mass is 79.9. The van der Waals surface area contributed by atoms with Crippen molar-refractivity contribution in [3.05, 3.63) is 28.5 Å². The fourth-order valence-corrected chi connectivity index (χ4v) is 2.27. The molecule has 4 nitrogen and oxygen atoms in total. The zero-order valence-electron chi connectivity index (χ0n) is 9.11. The second-order valence-electron chi connectivity index (χ2n) is 3.61. The third-order valence-corrected chi connectivity index (χ3v) is 3.42. The van der Waals surface area contributed by atoms with Gasteiger partial charge in [-0.2, -0.15) is 0 Å². The average Bonchev–Trinajstić information content (AvgIpc) is 2.15. The van der Waals surface area contributed by atoms with Gasteiger partial charge < -0.3 is 5.32 Å². The van der Waals surface area contributed by atoms with Gasteiger partial charge >= 0.3 is 0 Å². The first-order valence-corrected chi connectivity index (χ1v) is 7.82. The van der Waals surface area contributed by atoms with E-state index >= 15 is 0 Å². The van der Waals surface area contributed by atoms with Crippen molar-refractivity contribution in [3.63, 3.8) is 0 Å². The molecule has 1 aromatic rings. The van der Waals surface area contributed by atoms with Crippen LogP contribution in [0, 0.1) is 0 Å². The van der Waals surface area contributed by atoms with Crippen molar-refractivity contribution in [2.75, 3.05) is 18.6 Å². The van der Waals surface area contributed by atoms with Crippen molar-refractivity contribution >= 4 is 25.8 Å². The summed E-state index contributed by atoms with van der Waals surface area (Å²) < 4.78 is 22.5. The molecule has 0 spiro atoms. The molecule has 0 unspecified atom stereocenters. The lowest BCUT2D eigenvalue weighted by atomic mass is 10.3. The number of hydrogen-bond donors (Lipinski definition) is 1. The molecular weight excluding hydrogens is 292 g/mol. The lowest BCUT2D eigenvalue weighted by Crippen LogP contribution is -2.18. The molecule has 1 N–H and O–H groups in total. The SMILES string of the molecule is CS(=O)(=O)CCCNCc1cccc(Br)n1. The molecule has 0 bridgehead atoms. The predicted octanol–water partition coefficient (Wildman–Crippen LogP) is 1.37. The highest BCUT2D eigenvalue weighted by molar-refractivity contribution is 9.10. The van der Waals surface area contributed by atoms with Gasteiger partial charge in [0, 0.05) is 12.8 Å². The molecule has 0 aliphatic rings. The first kappa shape index (κ1) is 13.6. The Bertz CT molecular complexity index is 434. The maximum Gasteiger partial charge on any atom is 0.147 e. The van der Waals surface area contributed by atoms with Gasteiger partial charge in [-0.25, -0.2) is 13.4 Å². The predicted molar refractivity (Wildman–Crippen MR) is 68.0 cm³/mol. The number of hydrogen-bond acceptors (Lipinski definition) is 4. The smallest absolute Gasteiger partial charge is 0.147 e. The molecular formula is C10H15BrN2O2S. The standard InChI is InChI=1S/C10H15BrN2O2S/c1-16(14,15)7-3-6-12-8-9-4-2-5-10(11)13-9/h2,4-5,12H,3,6-8H2,1H3. The molecule has 0 saturated heterocycles. The molecule has 0 fully saturated rings. The number of nitrogens with one attached hydrogen (secondary N) is 1. The zero-order chi connectivity index (χ0) is 12.0. The summed E-state index contributed by atoms with van der Waals surface area (Å²) in [5.41, 5.74) is 0.939. The Kier molecular flexibility index (Phi) is 5.37. The quantitative estimate of drug-likeness (QED) is 0.637. The molecule has 1 heterocycles. The van der Waals surface area contributed by atoms with Crippen molar-refractivity contribution in [1.29, 1.82) is 0 Å². The minimum atomic E-state index is -2.84. The van der Waals surface area contributed by atoms with Crippen molar-refractivity contribution in [1.82, 2.24) is 10.3 Å². The molecule has 0 aliphatic heterocycles. The summed E-state index contributed by atoms with van der Waals surface area (Å²) in [7, 11) is -2.84. The van der Waals surface area contributed by atoms with Gasteiger partial charge in [0.1, 0.15) is 14.4 Å². The van der Waals surface area contributed by atoms with E-state index in [1.54, 1.807) is 0 Å². The van der Waals surface area contributed by atoms with Gasteiger partial charge in [-0.1, -0.05) is 6.07 Å². The van der Waals surface area contributed by atoms with E-state index in [9.17, 15) is 8.42 Å². The molecule has 0 aliphatic carbocycles. The largest absolute Gasteiger partial charge is 0.311 e. The third kappa shape index (κ3) is 6.19. The van der Waals surface area contributed by atoms with Crippen molar-refractivity contribution in [3.8, 4) is 0 Å². The Labute approximate surface area is 105 Å². The molecule has 6 heteroatoms. The van der Waals surface area contributed by atoms with Crippen LogP contribution in [0.15, 0.2) is 22.8 Å². The molecule has 1 aromatic heterocycles. The van der Waals surface area contributed by atoms with E-state index in [1.165, 1.54) is 6.26 Å². The fraction of sp³-hybridized carbons (Fsp3) is 0.500. The van der Waals surface area contributed by atoms with Crippen LogP contribution in [0.5, 0.6) is 0 Å². The van der Waals surface area contributed by atoms with Gasteiger partial charge in [-0.15, -0.1) is 0 Å². The molecule has 0 atom stereocenters. The van der Waals surface area contributed by atoms with E-state index in [0.29, 0.717) is 19.5 Å². The zero-order valence-corrected chi connectivity index (χ0v) is 11.5. The van der Waals surface area contributed by atoms with Crippen molar-refractivity contribution in [2.24, 2.45) is 0 Å². The van der Waals surface area contributed by atoms with E-state index in [4.69, 9.17) is 0 Å². The molecule has 0 radical (unpaired) electrons. The number of aromatic nitrogens is 1. The lowest BCUT2D eigenvalue weighted by molar-refractivity contribution is 0.593. The minimum absolute atomic E-state index is 0.228. The third-order valence-electron chi connectivity index (χ3n) is 1.95. The molecule has 0 saturated carbocycles. The lowest BCUT2D eigenvalue weighted by Gasteiger charge is -2.04. The van der Waals surface area contributed by atoms with E-state index in [-0.39, 0.29) is 5.75 Å². The monoisotopic (exact) mass is 306 g/mol. The number of nitrogens with zero attached hydrogens (tertiary/aromatic N) is 1. The van der Waals surface area contributed by atoms with E-state index in [1.807, 2.05) is 18.2 Å². The summed E-state index contributed by atoms with van der Waals surface area (Å²) in [6, 6.07) is 5.71. The van der Waals surface area contributed by atoms with Gasteiger partial charge in [0.2, 0.25) is 0 Å². The van der Waals surface area contributed by atoms with Gasteiger partial charge in [-0.3, -0.25) is 0 Å². The Morgan fingerprint density at radius 3 is 2.81 bits per heavy atom. The van der Waals surface area contributed by atoms with Gasteiger partial charge in [0.25, 0.3) is 0 Å². The molecule has 0 amide bonds. The van der Waals surface area contributed by atoms with Gasteiger partial charge in [-0.05, 0) is 41.0 Å². The Morgan fingerprint density at radius 1 is 1.44 bits per heavy atom. The van der Waals surface area contributed by atoms with Crippen LogP contribution in [-0.2, 0) is 16.4 Å². The topological polar surface area (TPSA) is 59.1 Å². The highest BCUT2D eigenvalue weighted by Gasteiger charge is 2.01. The van der Waals surface area contributed by atoms with Gasteiger partial charge in [0.05, 0.1) is 11.4 Å². The number of rotatable bonds is 6. The summed E-state index contributed by atoms with van der Waals surface area (Å²) >= 11 is 3.29. The van der Waals surface area contributed by atoms with Crippen LogP contribution in [0.3, 0.4) is 0 Å². The average molecular weight is 307 g/mol. The van der Waals surface area contributed by atoms with Crippen LogP contribution in [0.4, 0.5) is 0 Å². The molecule has 0 aromatic carbocycles. The number of sulfone groups is 1. The van der Waals surface area contributed by atoms with Crippen LogP contribution in [-0.4, -0.2) is 32.0 Å². The number of halogens is 1. The minimum Gasteiger partial charge on any atom is -0.311 e. The molecule has 16 heavy (non-hydrogen) atoms. The first-order chi connectivity index (χ1) is 7.47. The Balaban J connectivity index is 2.21. The van der Waals surface area contributed by atoms with Crippen molar-refractivity contribution < 1.29 is 8.42 Å². The van der Waals surface area contributed by atoms with Gasteiger partial charge in [0.15, 0.2) is 0 Å². The number of pyridine rings is 1. The summed E-state index contributed by atoms with van der Waals surface area (Å²) in [4.78, 5) is 4.26. The maximum atomic E-state index is 10.9. The first-order valence-electron chi connectivity index (χ1n) is 4.97. The van der Waals surface area contributed by atoms with E-state index in [0.717, 1.165) is 10.3 Å². The van der Waals surface area contributed by atoms with Crippen LogP contribution in [0.25, 0.3) is 0 Å². The Morgan fingerprint density at radius 2 is 2.19 bits per heavy atom. The normalized spacial score (nSPS) is 11.6. The van der Waals surface area contributed by atoms with Crippen LogP contribution in [0.2, 0.25) is 0 Å². The highest BCUT2D eigenvalue weighted by Crippen LogP contribution is 2.05. The summed E-state index contributed by atoms with van der Waals surface area (Å²) in [6.07, 6.45) is 1.88. The second-order valence-corrected chi connectivity index (χ2v) is 6.68. The maximum absolute atomic E-state index is 10.9. The van der Waals surface area contributed by atoms with Crippen LogP contribution >= 0.6 is 15.9 Å². The second kappa shape index (κ2) is 6.32. The van der Waals surface area contributed by atoms with Crippen LogP contribution < -0.4 is 5.32 Å². The van der Waals surface area contributed by atoms with Crippen molar-refractivity contribution in [2.45, 2.75) is 13.0 Å². The van der Waals surface area contributed by atoms with E-state index in [2.05, 4.69) is 26.2 Å². The summed E-state index contributed by atoms with van der Waals surface area (Å²) in [6.45, 7) is 1.34. The van der Waals surface area contributed by atoms with Crippen LogP contribution in [0.1, 0.15) is 12.1 Å². The Hall–Kier alpha value is -0.460. The fourth-order valence-electron chi connectivity index (χ4n) is 1.22. The van der Waals surface area contributed by atoms with E-state index < -0.39 is 9.84 Å². The summed E-state index contributed by atoms with van der Waals surface area (Å²) in [5, 5.41) is 3.15. The molecule has 1 rings (SSSR count).